The molecule has 0 spiro atoms. The number of fused-ring (bicyclic) bond motifs is 1. The van der Waals surface area contributed by atoms with Gasteiger partial charge in [-0.2, -0.15) is 0 Å². The summed E-state index contributed by atoms with van der Waals surface area (Å²) >= 11 is 1.50. The van der Waals surface area contributed by atoms with Gasteiger partial charge in [-0.15, -0.1) is 11.8 Å². The normalized spacial score (nSPS) is 12.7. The molecule has 24 heavy (non-hydrogen) atoms. The van der Waals surface area contributed by atoms with Crippen molar-refractivity contribution in [2.24, 2.45) is 14.1 Å². The van der Waals surface area contributed by atoms with Crippen molar-refractivity contribution in [1.29, 1.82) is 0 Å². The second kappa shape index (κ2) is 6.27. The van der Waals surface area contributed by atoms with Gasteiger partial charge in [-0.05, 0) is 18.6 Å². The molecular weight excluding hydrogens is 328 g/mol. The predicted molar refractivity (Wildman–Crippen MR) is 93.3 cm³/mol. The van der Waals surface area contributed by atoms with E-state index in [1.165, 1.54) is 29.6 Å². The molecule has 0 saturated heterocycles. The van der Waals surface area contributed by atoms with Gasteiger partial charge in [-0.1, -0.05) is 13.8 Å². The van der Waals surface area contributed by atoms with Gasteiger partial charge in [0, 0.05) is 19.3 Å². The third-order valence-electron chi connectivity index (χ3n) is 3.90. The van der Waals surface area contributed by atoms with Crippen molar-refractivity contribution in [3.63, 3.8) is 0 Å². The van der Waals surface area contributed by atoms with Gasteiger partial charge in [-0.25, -0.2) is 14.8 Å². The summed E-state index contributed by atoms with van der Waals surface area (Å²) in [6.45, 7) is 4.14. The maximum Gasteiger partial charge on any atom is 0.332 e. The highest BCUT2D eigenvalue weighted by molar-refractivity contribution is 8.00. The molecule has 8 heteroatoms. The summed E-state index contributed by atoms with van der Waals surface area (Å²) in [6.07, 6.45) is 2.46. The van der Waals surface area contributed by atoms with E-state index in [0.29, 0.717) is 27.6 Å². The molecule has 0 N–H and O–H groups in total. The Bertz CT molecular complexity index is 1000. The van der Waals surface area contributed by atoms with Gasteiger partial charge in [0.2, 0.25) is 0 Å². The number of nitrogens with zero attached hydrogens (tertiary/aromatic N) is 4. The maximum atomic E-state index is 12.6. The van der Waals surface area contributed by atoms with Crippen LogP contribution in [0.15, 0.2) is 37.4 Å². The lowest BCUT2D eigenvalue weighted by molar-refractivity contribution is 0.576. The molecule has 0 fully saturated rings. The SMILES string of the molecule is CC[C@@H](C)Sc1nc(-c2ccco2)nc2c1c(=O)n(C)c(=O)n2C. The lowest BCUT2D eigenvalue weighted by Crippen LogP contribution is -2.37. The average molecular weight is 346 g/mol. The van der Waals surface area contributed by atoms with E-state index >= 15 is 0 Å². The summed E-state index contributed by atoms with van der Waals surface area (Å²) in [5.74, 6) is 0.859. The van der Waals surface area contributed by atoms with Gasteiger partial charge in [0.25, 0.3) is 5.56 Å². The minimum Gasteiger partial charge on any atom is -0.461 e. The van der Waals surface area contributed by atoms with Crippen molar-refractivity contribution in [2.75, 3.05) is 0 Å². The Labute approximate surface area is 142 Å². The van der Waals surface area contributed by atoms with Crippen LogP contribution in [0, 0.1) is 0 Å². The van der Waals surface area contributed by atoms with Crippen molar-refractivity contribution in [3.05, 3.63) is 39.2 Å². The van der Waals surface area contributed by atoms with Crippen LogP contribution in [0.4, 0.5) is 0 Å². The fourth-order valence-electron chi connectivity index (χ4n) is 2.30. The number of hydrogen-bond donors (Lipinski definition) is 0. The molecule has 3 aromatic rings. The minimum absolute atomic E-state index is 0.273. The monoisotopic (exact) mass is 346 g/mol. The predicted octanol–water partition coefficient (Wildman–Crippen LogP) is 2.18. The van der Waals surface area contributed by atoms with E-state index in [9.17, 15) is 9.59 Å². The third-order valence-corrected chi connectivity index (χ3v) is 5.15. The number of furan rings is 1. The van der Waals surface area contributed by atoms with Gasteiger partial charge in [-0.3, -0.25) is 13.9 Å². The van der Waals surface area contributed by atoms with E-state index in [2.05, 4.69) is 23.8 Å². The third kappa shape index (κ3) is 2.66. The minimum atomic E-state index is -0.420. The van der Waals surface area contributed by atoms with Gasteiger partial charge < -0.3 is 4.42 Å². The summed E-state index contributed by atoms with van der Waals surface area (Å²) in [5, 5.41) is 1.20. The first-order valence-electron chi connectivity index (χ1n) is 7.62. The molecule has 0 bridgehead atoms. The molecule has 0 amide bonds. The molecule has 0 aliphatic carbocycles. The second-order valence-corrected chi connectivity index (χ2v) is 7.00. The van der Waals surface area contributed by atoms with Crippen LogP contribution < -0.4 is 11.2 Å². The molecule has 0 aliphatic rings. The Morgan fingerprint density at radius 3 is 2.62 bits per heavy atom. The lowest BCUT2D eigenvalue weighted by atomic mass is 10.3. The fraction of sp³-hybridized carbons (Fsp3) is 0.375. The summed E-state index contributed by atoms with van der Waals surface area (Å²) < 4.78 is 7.82. The number of hydrogen-bond acceptors (Lipinski definition) is 6. The van der Waals surface area contributed by atoms with Crippen LogP contribution in [0.1, 0.15) is 20.3 Å². The highest BCUT2D eigenvalue weighted by Crippen LogP contribution is 2.29. The molecule has 3 rings (SSSR count). The molecule has 0 unspecified atom stereocenters. The van der Waals surface area contributed by atoms with Crippen molar-refractivity contribution >= 4 is 22.8 Å². The first-order valence-corrected chi connectivity index (χ1v) is 8.50. The zero-order chi connectivity index (χ0) is 17.4. The van der Waals surface area contributed by atoms with E-state index in [-0.39, 0.29) is 10.8 Å². The zero-order valence-corrected chi connectivity index (χ0v) is 14.8. The van der Waals surface area contributed by atoms with E-state index in [0.717, 1.165) is 11.0 Å². The molecule has 7 nitrogen and oxygen atoms in total. The van der Waals surface area contributed by atoms with Gasteiger partial charge in [0.15, 0.2) is 17.2 Å². The van der Waals surface area contributed by atoms with Crippen LogP contribution in [-0.4, -0.2) is 24.4 Å². The maximum absolute atomic E-state index is 12.6. The molecule has 1 atom stereocenters. The summed E-state index contributed by atoms with van der Waals surface area (Å²) in [4.78, 5) is 33.8. The molecule has 3 aromatic heterocycles. The summed E-state index contributed by atoms with van der Waals surface area (Å²) in [7, 11) is 3.06. The lowest BCUT2D eigenvalue weighted by Gasteiger charge is -2.13. The van der Waals surface area contributed by atoms with Crippen LogP contribution in [0.25, 0.3) is 22.6 Å². The molecule has 0 aliphatic heterocycles. The van der Waals surface area contributed by atoms with Gasteiger partial charge in [0.1, 0.15) is 10.4 Å². The van der Waals surface area contributed by atoms with Crippen LogP contribution >= 0.6 is 11.8 Å². The fourth-order valence-corrected chi connectivity index (χ4v) is 3.29. The Morgan fingerprint density at radius 1 is 1.25 bits per heavy atom. The Balaban J connectivity index is 2.40. The topological polar surface area (TPSA) is 82.9 Å². The Morgan fingerprint density at radius 2 is 2.00 bits per heavy atom. The van der Waals surface area contributed by atoms with Crippen LogP contribution in [0.3, 0.4) is 0 Å². The highest BCUT2D eigenvalue weighted by Gasteiger charge is 2.20. The zero-order valence-electron chi connectivity index (χ0n) is 13.9. The summed E-state index contributed by atoms with van der Waals surface area (Å²) in [5.41, 5.74) is -0.490. The van der Waals surface area contributed by atoms with Crippen LogP contribution in [0.5, 0.6) is 0 Å². The van der Waals surface area contributed by atoms with Crippen LogP contribution in [-0.2, 0) is 14.1 Å². The Kier molecular flexibility index (Phi) is 4.31. The first-order chi connectivity index (χ1) is 11.4. The number of aromatic nitrogens is 4. The molecule has 0 aromatic carbocycles. The standard InChI is InChI=1S/C16H18N4O3S/c1-5-9(2)24-14-11-13(19(3)16(22)20(4)15(11)21)17-12(18-14)10-7-6-8-23-10/h6-9H,5H2,1-4H3/t9-/m1/s1. The van der Waals surface area contributed by atoms with E-state index in [1.807, 2.05) is 0 Å². The average Bonchev–Trinajstić information content (AvgIpc) is 3.11. The van der Waals surface area contributed by atoms with Crippen LogP contribution in [0.2, 0.25) is 0 Å². The molecule has 0 saturated carbocycles. The van der Waals surface area contributed by atoms with Crippen molar-refractivity contribution in [2.45, 2.75) is 30.5 Å². The van der Waals surface area contributed by atoms with Gasteiger partial charge in [0.05, 0.1) is 6.26 Å². The summed E-state index contributed by atoms with van der Waals surface area (Å²) in [6, 6.07) is 3.49. The van der Waals surface area contributed by atoms with Crippen molar-refractivity contribution in [3.8, 4) is 11.6 Å². The van der Waals surface area contributed by atoms with E-state index < -0.39 is 5.69 Å². The smallest absolute Gasteiger partial charge is 0.332 e. The highest BCUT2D eigenvalue weighted by atomic mass is 32.2. The quantitative estimate of drug-likeness (QED) is 0.532. The van der Waals surface area contributed by atoms with Gasteiger partial charge >= 0.3 is 5.69 Å². The molecule has 0 radical (unpaired) electrons. The molecule has 3 heterocycles. The first kappa shape index (κ1) is 16.5. The molecule has 126 valence electrons. The Hall–Kier alpha value is -2.35. The number of rotatable bonds is 4. The van der Waals surface area contributed by atoms with Crippen molar-refractivity contribution in [1.82, 2.24) is 19.1 Å². The largest absolute Gasteiger partial charge is 0.461 e. The number of thioether (sulfide) groups is 1. The van der Waals surface area contributed by atoms with Crippen molar-refractivity contribution < 1.29 is 4.42 Å². The molecular formula is C16H18N4O3S. The number of aryl methyl sites for hydroxylation is 1. The second-order valence-electron chi connectivity index (χ2n) is 5.57. The van der Waals surface area contributed by atoms with E-state index in [4.69, 9.17) is 4.42 Å². The van der Waals surface area contributed by atoms with E-state index in [1.54, 1.807) is 19.2 Å².